The van der Waals surface area contributed by atoms with Gasteiger partial charge in [0.25, 0.3) is 10.9 Å². The summed E-state index contributed by atoms with van der Waals surface area (Å²) in [5, 5.41) is 22.4. The average Bonchev–Trinajstić information content (AvgIpc) is 3.28. The summed E-state index contributed by atoms with van der Waals surface area (Å²) in [4.78, 5) is 25.1. The highest BCUT2D eigenvalue weighted by Crippen LogP contribution is 2.32. The van der Waals surface area contributed by atoms with Crippen LogP contribution >= 0.6 is 23.4 Å². The molecular weight excluding hydrogens is 454 g/mol. The molecule has 0 aliphatic carbocycles. The lowest BCUT2D eigenvalue weighted by Crippen LogP contribution is -2.30. The van der Waals surface area contributed by atoms with Gasteiger partial charge in [-0.05, 0) is 49.6 Å². The molecule has 32 heavy (non-hydrogen) atoms. The van der Waals surface area contributed by atoms with Gasteiger partial charge in [-0.25, -0.2) is 0 Å². The minimum atomic E-state index is -0.478. The van der Waals surface area contributed by atoms with E-state index in [1.54, 1.807) is 6.07 Å². The largest absolute Gasteiger partial charge is 0.411 e. The topological polar surface area (TPSA) is 114 Å². The second kappa shape index (κ2) is 10.0. The molecule has 1 aliphatic heterocycles. The number of amides is 1. The van der Waals surface area contributed by atoms with E-state index in [0.717, 1.165) is 43.4 Å². The van der Waals surface area contributed by atoms with E-state index in [1.165, 1.54) is 30.7 Å². The van der Waals surface area contributed by atoms with E-state index >= 15 is 0 Å². The number of carbonyl (C=O) groups excluding carboxylic acids is 1. The van der Waals surface area contributed by atoms with Gasteiger partial charge in [-0.3, -0.25) is 14.9 Å². The summed E-state index contributed by atoms with van der Waals surface area (Å²) in [7, 11) is 0. The number of benzene rings is 2. The maximum absolute atomic E-state index is 12.6. The summed E-state index contributed by atoms with van der Waals surface area (Å²) < 4.78 is 5.57. The molecular formula is C21H20ClN5O4S. The van der Waals surface area contributed by atoms with Crippen LogP contribution in [0, 0.1) is 10.1 Å². The zero-order valence-corrected chi connectivity index (χ0v) is 18.6. The maximum Gasteiger partial charge on any atom is 0.277 e. The first-order valence-electron chi connectivity index (χ1n) is 10.0. The van der Waals surface area contributed by atoms with Gasteiger partial charge in [0.05, 0.1) is 22.1 Å². The van der Waals surface area contributed by atoms with Crippen LogP contribution in [0.1, 0.15) is 19.3 Å². The van der Waals surface area contributed by atoms with Gasteiger partial charge < -0.3 is 14.6 Å². The highest BCUT2D eigenvalue weighted by molar-refractivity contribution is 7.99. The lowest BCUT2D eigenvalue weighted by atomic mass is 10.1. The molecule has 1 amide bonds. The number of nitro benzene ring substituents is 1. The maximum atomic E-state index is 12.6. The number of nitro groups is 1. The highest BCUT2D eigenvalue weighted by atomic mass is 35.5. The third-order valence-corrected chi connectivity index (χ3v) is 6.04. The van der Waals surface area contributed by atoms with Gasteiger partial charge in [-0.15, -0.1) is 10.2 Å². The SMILES string of the molecule is O=C(CSc1nnc(-c2ccc([N+](=O)[O-])cc2)o1)Nc1cc(Cl)ccc1N1CCCCC1. The van der Waals surface area contributed by atoms with Gasteiger partial charge in [-0.1, -0.05) is 23.4 Å². The van der Waals surface area contributed by atoms with Crippen LogP contribution in [0.25, 0.3) is 11.5 Å². The number of nitrogens with one attached hydrogen (secondary N) is 1. The van der Waals surface area contributed by atoms with Crippen molar-refractivity contribution in [2.45, 2.75) is 24.5 Å². The Hall–Kier alpha value is -3.11. The van der Waals surface area contributed by atoms with Gasteiger partial charge in [0.1, 0.15) is 0 Å². The first kappa shape index (κ1) is 22.1. The molecule has 0 bridgehead atoms. The summed E-state index contributed by atoms with van der Waals surface area (Å²) in [6, 6.07) is 11.3. The molecule has 0 radical (unpaired) electrons. The van der Waals surface area contributed by atoms with Crippen molar-refractivity contribution in [1.29, 1.82) is 0 Å². The van der Waals surface area contributed by atoms with Crippen LogP contribution in [0.15, 0.2) is 52.1 Å². The summed E-state index contributed by atoms with van der Waals surface area (Å²) in [6.45, 7) is 1.90. The fourth-order valence-corrected chi connectivity index (χ4v) is 4.18. The van der Waals surface area contributed by atoms with Gasteiger partial charge in [-0.2, -0.15) is 0 Å². The average molecular weight is 474 g/mol. The van der Waals surface area contributed by atoms with Crippen LogP contribution in [0.4, 0.5) is 17.1 Å². The Labute approximate surface area is 193 Å². The van der Waals surface area contributed by atoms with Crippen molar-refractivity contribution in [2.75, 3.05) is 29.1 Å². The van der Waals surface area contributed by atoms with Crippen LogP contribution in [0.5, 0.6) is 0 Å². The molecule has 0 atom stereocenters. The van der Waals surface area contributed by atoms with Crippen molar-refractivity contribution in [3.63, 3.8) is 0 Å². The number of piperidine rings is 1. The minimum absolute atomic E-state index is 0.0236. The number of nitrogens with zero attached hydrogens (tertiary/aromatic N) is 4. The van der Waals surface area contributed by atoms with Gasteiger partial charge in [0, 0.05) is 35.8 Å². The van der Waals surface area contributed by atoms with Gasteiger partial charge in [0.2, 0.25) is 11.8 Å². The van der Waals surface area contributed by atoms with Gasteiger partial charge in [0.15, 0.2) is 0 Å². The van der Waals surface area contributed by atoms with E-state index in [9.17, 15) is 14.9 Å². The number of anilines is 2. The minimum Gasteiger partial charge on any atom is -0.411 e. The number of halogens is 1. The van der Waals surface area contributed by atoms with Crippen molar-refractivity contribution in [2.24, 2.45) is 0 Å². The molecule has 0 saturated carbocycles. The number of hydrogen-bond donors (Lipinski definition) is 1. The normalized spacial score (nSPS) is 13.7. The second-order valence-electron chi connectivity index (χ2n) is 7.22. The molecule has 1 aromatic heterocycles. The number of rotatable bonds is 7. The summed E-state index contributed by atoms with van der Waals surface area (Å²) in [6.07, 6.45) is 3.47. The standard InChI is InChI=1S/C21H20ClN5O4S/c22-15-6-9-18(26-10-2-1-3-11-26)17(12-15)23-19(28)13-32-21-25-24-20(31-21)14-4-7-16(8-5-14)27(29)30/h4-9,12H,1-3,10-11,13H2,(H,23,28). The monoisotopic (exact) mass is 473 g/mol. The smallest absolute Gasteiger partial charge is 0.277 e. The quantitative estimate of drug-likeness (QED) is 0.289. The fourth-order valence-electron chi connectivity index (χ4n) is 3.44. The van der Waals surface area contributed by atoms with Crippen molar-refractivity contribution >= 4 is 46.3 Å². The Morgan fingerprint density at radius 3 is 2.62 bits per heavy atom. The number of thioether (sulfide) groups is 1. The van der Waals surface area contributed by atoms with Crippen LogP contribution < -0.4 is 10.2 Å². The Balaban J connectivity index is 1.38. The number of aromatic nitrogens is 2. The molecule has 0 unspecified atom stereocenters. The van der Waals surface area contributed by atoms with E-state index < -0.39 is 4.92 Å². The van der Waals surface area contributed by atoms with Crippen molar-refractivity contribution < 1.29 is 14.1 Å². The number of non-ortho nitro benzene ring substituents is 1. The van der Waals surface area contributed by atoms with E-state index in [-0.39, 0.29) is 28.5 Å². The Morgan fingerprint density at radius 2 is 1.91 bits per heavy atom. The number of carbonyl (C=O) groups is 1. The molecule has 2 aromatic carbocycles. The second-order valence-corrected chi connectivity index (χ2v) is 8.59. The van der Waals surface area contributed by atoms with Crippen LogP contribution in [0.3, 0.4) is 0 Å². The zero-order valence-electron chi connectivity index (χ0n) is 17.0. The predicted octanol–water partition coefficient (Wildman–Crippen LogP) is 5.02. The molecule has 1 N–H and O–H groups in total. The lowest BCUT2D eigenvalue weighted by Gasteiger charge is -2.30. The Bertz CT molecular complexity index is 1120. The van der Waals surface area contributed by atoms with Crippen molar-refractivity contribution in [3.8, 4) is 11.5 Å². The molecule has 3 aromatic rings. The molecule has 9 nitrogen and oxygen atoms in total. The van der Waals surface area contributed by atoms with E-state index in [1.807, 2.05) is 12.1 Å². The summed E-state index contributed by atoms with van der Waals surface area (Å²) in [5.41, 5.74) is 2.18. The van der Waals surface area contributed by atoms with Crippen LogP contribution in [0.2, 0.25) is 5.02 Å². The first-order chi connectivity index (χ1) is 15.5. The molecule has 1 aliphatic rings. The van der Waals surface area contributed by atoms with Crippen LogP contribution in [-0.4, -0.2) is 39.9 Å². The molecule has 0 spiro atoms. The van der Waals surface area contributed by atoms with Crippen LogP contribution in [-0.2, 0) is 4.79 Å². The highest BCUT2D eigenvalue weighted by Gasteiger charge is 2.17. The Morgan fingerprint density at radius 1 is 1.16 bits per heavy atom. The predicted molar refractivity (Wildman–Crippen MR) is 123 cm³/mol. The van der Waals surface area contributed by atoms with E-state index in [4.69, 9.17) is 16.0 Å². The third-order valence-electron chi connectivity index (χ3n) is 4.99. The van der Waals surface area contributed by atoms with Crippen molar-refractivity contribution in [1.82, 2.24) is 10.2 Å². The fraction of sp³-hybridized carbons (Fsp3) is 0.286. The molecule has 166 valence electrons. The van der Waals surface area contributed by atoms with E-state index in [2.05, 4.69) is 20.4 Å². The molecule has 4 rings (SSSR count). The summed E-state index contributed by atoms with van der Waals surface area (Å²) >= 11 is 7.26. The molecule has 1 saturated heterocycles. The van der Waals surface area contributed by atoms with E-state index in [0.29, 0.717) is 16.3 Å². The summed E-state index contributed by atoms with van der Waals surface area (Å²) in [5.74, 6) is 0.0871. The molecule has 2 heterocycles. The Kier molecular flexibility index (Phi) is 6.91. The lowest BCUT2D eigenvalue weighted by molar-refractivity contribution is -0.384. The molecule has 11 heteroatoms. The zero-order chi connectivity index (χ0) is 22.5. The third kappa shape index (κ3) is 5.38. The molecule has 1 fully saturated rings. The first-order valence-corrected chi connectivity index (χ1v) is 11.4. The number of hydrogen-bond acceptors (Lipinski definition) is 8. The van der Waals surface area contributed by atoms with Gasteiger partial charge >= 0.3 is 0 Å². The van der Waals surface area contributed by atoms with Crippen molar-refractivity contribution in [3.05, 3.63) is 57.6 Å².